The van der Waals surface area contributed by atoms with E-state index in [0.717, 1.165) is 29.0 Å². The zero-order valence-corrected chi connectivity index (χ0v) is 15.2. The predicted molar refractivity (Wildman–Crippen MR) is 95.4 cm³/mol. The van der Waals surface area contributed by atoms with Gasteiger partial charge in [-0.2, -0.15) is 13.2 Å². The quantitative estimate of drug-likeness (QED) is 0.862. The summed E-state index contributed by atoms with van der Waals surface area (Å²) in [6, 6.07) is 9.15. The number of anilines is 1. The van der Waals surface area contributed by atoms with Gasteiger partial charge in [-0.25, -0.2) is 4.98 Å². The maximum absolute atomic E-state index is 12.7. The van der Waals surface area contributed by atoms with E-state index in [1.807, 2.05) is 19.1 Å². The molecule has 0 fully saturated rings. The number of pyridine rings is 1. The van der Waals surface area contributed by atoms with Crippen molar-refractivity contribution < 1.29 is 22.8 Å². The van der Waals surface area contributed by atoms with Gasteiger partial charge in [-0.05, 0) is 37.1 Å². The van der Waals surface area contributed by atoms with Crippen molar-refractivity contribution in [1.82, 2.24) is 9.88 Å². The van der Waals surface area contributed by atoms with Crippen LogP contribution < -0.4 is 5.32 Å². The van der Waals surface area contributed by atoms with Gasteiger partial charge in [0.15, 0.2) is 0 Å². The third-order valence-corrected chi connectivity index (χ3v) is 4.01. The number of nitrogens with one attached hydrogen (secondary N) is 1. The third kappa shape index (κ3) is 5.06. The molecule has 1 N–H and O–H groups in total. The highest BCUT2D eigenvalue weighted by Gasteiger charge is 2.33. The summed E-state index contributed by atoms with van der Waals surface area (Å²) in [4.78, 5) is 29.3. The first-order chi connectivity index (χ1) is 12.6. The number of rotatable bonds is 5. The number of carbonyl (C=O) groups is 2. The van der Waals surface area contributed by atoms with E-state index in [1.54, 1.807) is 12.1 Å². The fourth-order valence-electron chi connectivity index (χ4n) is 2.58. The molecule has 1 aromatic carbocycles. The van der Waals surface area contributed by atoms with Crippen molar-refractivity contribution in [3.63, 3.8) is 0 Å². The molecule has 0 aliphatic heterocycles. The smallest absolute Gasteiger partial charge is 0.332 e. The van der Waals surface area contributed by atoms with Gasteiger partial charge in [0.2, 0.25) is 5.91 Å². The Bertz CT molecular complexity index is 850. The van der Waals surface area contributed by atoms with Gasteiger partial charge < -0.3 is 10.2 Å². The second kappa shape index (κ2) is 8.20. The van der Waals surface area contributed by atoms with Crippen LogP contribution in [0.15, 0.2) is 36.4 Å². The van der Waals surface area contributed by atoms with E-state index in [9.17, 15) is 22.8 Å². The van der Waals surface area contributed by atoms with Crippen molar-refractivity contribution >= 4 is 17.5 Å². The highest BCUT2D eigenvalue weighted by molar-refractivity contribution is 6.00. The summed E-state index contributed by atoms with van der Waals surface area (Å²) in [6.07, 6.45) is -3.84. The van der Waals surface area contributed by atoms with E-state index in [1.165, 1.54) is 14.0 Å². The fraction of sp³-hybridized carbons (Fsp3) is 0.316. The zero-order valence-electron chi connectivity index (χ0n) is 15.2. The summed E-state index contributed by atoms with van der Waals surface area (Å²) in [6.45, 7) is 3.05. The van der Waals surface area contributed by atoms with Gasteiger partial charge in [0.05, 0.1) is 17.8 Å². The Morgan fingerprint density at radius 1 is 1.15 bits per heavy atom. The number of aromatic nitrogens is 1. The van der Waals surface area contributed by atoms with Crippen LogP contribution in [0, 0.1) is 6.92 Å². The number of aryl methyl sites for hydroxylation is 2. The second-order valence-corrected chi connectivity index (χ2v) is 6.05. The predicted octanol–water partition coefficient (Wildman–Crippen LogP) is 3.68. The van der Waals surface area contributed by atoms with Crippen LogP contribution in [0.4, 0.5) is 18.9 Å². The lowest BCUT2D eigenvalue weighted by molar-refractivity contribution is -0.141. The molecule has 2 aromatic rings. The van der Waals surface area contributed by atoms with Crippen molar-refractivity contribution in [1.29, 1.82) is 0 Å². The van der Waals surface area contributed by atoms with E-state index in [-0.39, 0.29) is 17.8 Å². The minimum atomic E-state index is -4.58. The van der Waals surface area contributed by atoms with E-state index < -0.39 is 23.7 Å². The average molecular weight is 379 g/mol. The number of hydrogen-bond acceptors (Lipinski definition) is 3. The minimum Gasteiger partial charge on any atom is -0.332 e. The topological polar surface area (TPSA) is 62.3 Å². The summed E-state index contributed by atoms with van der Waals surface area (Å²) in [7, 11) is 1.41. The Morgan fingerprint density at radius 3 is 2.41 bits per heavy atom. The molecule has 0 bridgehead atoms. The number of likely N-dealkylation sites (N-methyl/N-ethyl adjacent to an activating group) is 1. The lowest BCUT2D eigenvalue weighted by atomic mass is 10.1. The number of nitrogens with zero attached hydrogens (tertiary/aromatic N) is 2. The van der Waals surface area contributed by atoms with Crippen molar-refractivity contribution in [2.45, 2.75) is 26.4 Å². The maximum Gasteiger partial charge on any atom is 0.433 e. The number of halogens is 3. The summed E-state index contributed by atoms with van der Waals surface area (Å²) in [5.74, 6) is -0.975. The lowest BCUT2D eigenvalue weighted by Gasteiger charge is -2.19. The van der Waals surface area contributed by atoms with Crippen molar-refractivity contribution in [2.24, 2.45) is 0 Å². The summed E-state index contributed by atoms with van der Waals surface area (Å²) in [5, 5.41) is 2.75. The SMILES string of the molecule is CCc1ccccc1NC(=O)CN(C)C(=O)c1ccc(C(F)(F)F)nc1C. The standard InChI is InChI=1S/C19H20F3N3O2/c1-4-13-7-5-6-8-15(13)24-17(26)11-25(3)18(27)14-9-10-16(19(20,21)22)23-12(14)2/h5-10H,4,11H2,1-3H3,(H,24,26). The van der Waals surface area contributed by atoms with Gasteiger partial charge in [0.25, 0.3) is 5.91 Å². The first-order valence-corrected chi connectivity index (χ1v) is 8.31. The molecule has 0 spiro atoms. The molecule has 0 radical (unpaired) electrons. The third-order valence-electron chi connectivity index (χ3n) is 4.01. The van der Waals surface area contributed by atoms with Crippen molar-refractivity contribution in [3.8, 4) is 0 Å². The molecule has 144 valence electrons. The molecule has 0 atom stereocenters. The molecular weight excluding hydrogens is 359 g/mol. The molecule has 8 heteroatoms. The Kier molecular flexibility index (Phi) is 6.20. The second-order valence-electron chi connectivity index (χ2n) is 6.05. The van der Waals surface area contributed by atoms with Gasteiger partial charge >= 0.3 is 6.18 Å². The first-order valence-electron chi connectivity index (χ1n) is 8.31. The number of para-hydroxylation sites is 1. The summed E-state index contributed by atoms with van der Waals surface area (Å²) in [5.41, 5.74) is 0.541. The monoisotopic (exact) mass is 379 g/mol. The van der Waals surface area contributed by atoms with Gasteiger partial charge in [0, 0.05) is 12.7 Å². The van der Waals surface area contributed by atoms with E-state index >= 15 is 0 Å². The molecule has 0 aliphatic rings. The Balaban J connectivity index is 2.08. The number of carbonyl (C=O) groups excluding carboxylic acids is 2. The van der Waals surface area contributed by atoms with Gasteiger partial charge in [-0.15, -0.1) is 0 Å². The van der Waals surface area contributed by atoms with Crippen LogP contribution in [-0.4, -0.2) is 35.3 Å². The molecule has 27 heavy (non-hydrogen) atoms. The summed E-state index contributed by atoms with van der Waals surface area (Å²) >= 11 is 0. The Labute approximate surface area is 155 Å². The van der Waals surface area contributed by atoms with Crippen molar-refractivity contribution in [3.05, 3.63) is 58.9 Å². The van der Waals surface area contributed by atoms with Crippen LogP contribution >= 0.6 is 0 Å². The highest BCUT2D eigenvalue weighted by Crippen LogP contribution is 2.28. The van der Waals surface area contributed by atoms with E-state index in [4.69, 9.17) is 0 Å². The van der Waals surface area contributed by atoms with E-state index in [0.29, 0.717) is 5.69 Å². The van der Waals surface area contributed by atoms with Crippen molar-refractivity contribution in [2.75, 3.05) is 18.9 Å². The van der Waals surface area contributed by atoms with Gasteiger partial charge in [-0.1, -0.05) is 25.1 Å². The minimum absolute atomic E-state index is 0.0206. The number of amides is 2. The molecule has 1 heterocycles. The first kappa shape index (κ1) is 20.4. The Hall–Kier alpha value is -2.90. The average Bonchev–Trinajstić information content (AvgIpc) is 2.60. The fourth-order valence-corrected chi connectivity index (χ4v) is 2.58. The molecule has 0 unspecified atom stereocenters. The molecule has 0 aliphatic carbocycles. The number of benzene rings is 1. The summed E-state index contributed by atoms with van der Waals surface area (Å²) < 4.78 is 38.1. The normalized spacial score (nSPS) is 11.2. The molecule has 5 nitrogen and oxygen atoms in total. The lowest BCUT2D eigenvalue weighted by Crippen LogP contribution is -2.35. The molecule has 1 aromatic heterocycles. The number of alkyl halides is 3. The van der Waals surface area contributed by atoms with Crippen LogP contribution in [0.3, 0.4) is 0 Å². The molecule has 2 rings (SSSR count). The van der Waals surface area contributed by atoms with Crippen LogP contribution in [-0.2, 0) is 17.4 Å². The molecular formula is C19H20F3N3O2. The van der Waals surface area contributed by atoms with Crippen LogP contribution in [0.2, 0.25) is 0 Å². The zero-order chi connectivity index (χ0) is 20.2. The van der Waals surface area contributed by atoms with E-state index in [2.05, 4.69) is 10.3 Å². The van der Waals surface area contributed by atoms with Crippen LogP contribution in [0.5, 0.6) is 0 Å². The highest BCUT2D eigenvalue weighted by atomic mass is 19.4. The van der Waals surface area contributed by atoms with Crippen LogP contribution in [0.1, 0.15) is 34.2 Å². The molecule has 2 amide bonds. The largest absolute Gasteiger partial charge is 0.433 e. The number of hydrogen-bond donors (Lipinski definition) is 1. The molecule has 0 saturated heterocycles. The van der Waals surface area contributed by atoms with Crippen LogP contribution in [0.25, 0.3) is 0 Å². The van der Waals surface area contributed by atoms with Gasteiger partial charge in [-0.3, -0.25) is 9.59 Å². The van der Waals surface area contributed by atoms with Gasteiger partial charge in [0.1, 0.15) is 5.69 Å². The maximum atomic E-state index is 12.7. The Morgan fingerprint density at radius 2 is 1.81 bits per heavy atom. The molecule has 0 saturated carbocycles.